The molecule has 0 unspecified atom stereocenters. The molecular formula is C8H7BrFN. The molecule has 1 aliphatic carbocycles. The molecule has 0 spiro atoms. The summed E-state index contributed by atoms with van der Waals surface area (Å²) in [6, 6.07) is 1.88. The Bertz CT molecular complexity index is 283. The first-order chi connectivity index (χ1) is 5.29. The van der Waals surface area contributed by atoms with Crippen LogP contribution < -0.4 is 0 Å². The summed E-state index contributed by atoms with van der Waals surface area (Å²) in [5.41, 5.74) is 1.07. The molecule has 1 fully saturated rings. The highest BCUT2D eigenvalue weighted by Gasteiger charge is 2.26. The van der Waals surface area contributed by atoms with Gasteiger partial charge in [0, 0.05) is 6.20 Å². The number of rotatable bonds is 1. The Balaban J connectivity index is 2.45. The first-order valence-corrected chi connectivity index (χ1v) is 4.38. The lowest BCUT2D eigenvalue weighted by Crippen LogP contribution is -1.89. The zero-order valence-electron chi connectivity index (χ0n) is 5.85. The molecular weight excluding hydrogens is 209 g/mol. The monoisotopic (exact) mass is 215 g/mol. The Morgan fingerprint density at radius 3 is 2.91 bits per heavy atom. The van der Waals surface area contributed by atoms with Crippen LogP contribution in [0.3, 0.4) is 0 Å². The Labute approximate surface area is 72.8 Å². The maximum absolute atomic E-state index is 12.8. The van der Waals surface area contributed by atoms with Gasteiger partial charge in [-0.2, -0.15) is 4.39 Å². The van der Waals surface area contributed by atoms with E-state index in [1.165, 1.54) is 19.0 Å². The van der Waals surface area contributed by atoms with Crippen LogP contribution >= 0.6 is 15.9 Å². The molecule has 0 saturated heterocycles. The van der Waals surface area contributed by atoms with Crippen LogP contribution in [0.2, 0.25) is 0 Å². The van der Waals surface area contributed by atoms with E-state index in [4.69, 9.17) is 0 Å². The van der Waals surface area contributed by atoms with Crippen molar-refractivity contribution >= 4 is 15.9 Å². The molecule has 1 saturated carbocycles. The molecule has 58 valence electrons. The lowest BCUT2D eigenvalue weighted by atomic mass is 10.2. The van der Waals surface area contributed by atoms with Gasteiger partial charge in [0.15, 0.2) is 0 Å². The average molecular weight is 216 g/mol. The van der Waals surface area contributed by atoms with E-state index in [2.05, 4.69) is 20.9 Å². The van der Waals surface area contributed by atoms with Gasteiger partial charge >= 0.3 is 0 Å². The van der Waals surface area contributed by atoms with E-state index >= 15 is 0 Å². The van der Waals surface area contributed by atoms with Crippen LogP contribution in [0.25, 0.3) is 0 Å². The number of halogens is 2. The Kier molecular flexibility index (Phi) is 1.68. The van der Waals surface area contributed by atoms with Gasteiger partial charge in [0.25, 0.3) is 0 Å². The topological polar surface area (TPSA) is 12.9 Å². The standard InChI is InChI=1S/C8H7BrFN/c9-7-6(5-1-2-5)3-4-11-8(7)10/h3-5H,1-2H2. The van der Waals surface area contributed by atoms with Gasteiger partial charge in [0.2, 0.25) is 5.95 Å². The minimum atomic E-state index is -0.394. The predicted molar refractivity (Wildman–Crippen MR) is 43.9 cm³/mol. The van der Waals surface area contributed by atoms with Crippen molar-refractivity contribution in [3.05, 3.63) is 28.2 Å². The fourth-order valence-electron chi connectivity index (χ4n) is 1.14. The first kappa shape index (κ1) is 7.22. The zero-order chi connectivity index (χ0) is 7.84. The van der Waals surface area contributed by atoms with Crippen molar-refractivity contribution < 1.29 is 4.39 Å². The largest absolute Gasteiger partial charge is 0.227 e. The number of aromatic nitrogens is 1. The van der Waals surface area contributed by atoms with Gasteiger partial charge < -0.3 is 0 Å². The summed E-state index contributed by atoms with van der Waals surface area (Å²) in [5, 5.41) is 0. The van der Waals surface area contributed by atoms with E-state index in [0.29, 0.717) is 10.4 Å². The number of pyridine rings is 1. The fourth-order valence-corrected chi connectivity index (χ4v) is 1.70. The Morgan fingerprint density at radius 1 is 1.55 bits per heavy atom. The van der Waals surface area contributed by atoms with E-state index in [0.717, 1.165) is 5.56 Å². The van der Waals surface area contributed by atoms with Gasteiger partial charge in [-0.3, -0.25) is 0 Å². The minimum Gasteiger partial charge on any atom is -0.227 e. The summed E-state index contributed by atoms with van der Waals surface area (Å²) < 4.78 is 13.4. The minimum absolute atomic E-state index is 0.394. The van der Waals surface area contributed by atoms with Crippen molar-refractivity contribution in [2.24, 2.45) is 0 Å². The van der Waals surface area contributed by atoms with Crippen LogP contribution in [0, 0.1) is 5.95 Å². The van der Waals surface area contributed by atoms with E-state index in [1.54, 1.807) is 0 Å². The van der Waals surface area contributed by atoms with Crippen molar-refractivity contribution in [2.75, 3.05) is 0 Å². The van der Waals surface area contributed by atoms with Crippen molar-refractivity contribution in [3.8, 4) is 0 Å². The molecule has 1 nitrogen and oxygen atoms in total. The molecule has 1 aliphatic rings. The van der Waals surface area contributed by atoms with E-state index in [9.17, 15) is 4.39 Å². The number of hydrogen-bond donors (Lipinski definition) is 0. The molecule has 0 bridgehead atoms. The average Bonchev–Trinajstić information content (AvgIpc) is 2.77. The summed E-state index contributed by atoms with van der Waals surface area (Å²) in [4.78, 5) is 3.54. The Morgan fingerprint density at radius 2 is 2.27 bits per heavy atom. The van der Waals surface area contributed by atoms with Crippen molar-refractivity contribution in [2.45, 2.75) is 18.8 Å². The molecule has 1 aromatic heterocycles. The summed E-state index contributed by atoms with van der Waals surface area (Å²) in [5.74, 6) is 0.177. The highest BCUT2D eigenvalue weighted by atomic mass is 79.9. The molecule has 1 heterocycles. The molecule has 0 amide bonds. The smallest absolute Gasteiger partial charge is 0.227 e. The summed E-state index contributed by atoms with van der Waals surface area (Å²) in [6.45, 7) is 0. The second-order valence-electron chi connectivity index (χ2n) is 2.78. The third-order valence-corrected chi connectivity index (χ3v) is 2.68. The van der Waals surface area contributed by atoms with Crippen LogP contribution in [0.5, 0.6) is 0 Å². The summed E-state index contributed by atoms with van der Waals surface area (Å²) >= 11 is 3.18. The molecule has 0 aliphatic heterocycles. The highest BCUT2D eigenvalue weighted by Crippen LogP contribution is 2.43. The Hall–Kier alpha value is -0.440. The summed E-state index contributed by atoms with van der Waals surface area (Å²) in [6.07, 6.45) is 3.89. The second kappa shape index (κ2) is 2.55. The van der Waals surface area contributed by atoms with E-state index in [1.807, 2.05) is 6.07 Å². The molecule has 0 radical (unpaired) electrons. The van der Waals surface area contributed by atoms with Crippen LogP contribution in [0.1, 0.15) is 24.3 Å². The molecule has 11 heavy (non-hydrogen) atoms. The highest BCUT2D eigenvalue weighted by molar-refractivity contribution is 9.10. The lowest BCUT2D eigenvalue weighted by Gasteiger charge is -2.00. The molecule has 1 aromatic rings. The second-order valence-corrected chi connectivity index (χ2v) is 3.57. The van der Waals surface area contributed by atoms with Gasteiger partial charge in [-0.15, -0.1) is 0 Å². The first-order valence-electron chi connectivity index (χ1n) is 3.59. The van der Waals surface area contributed by atoms with Gasteiger partial charge in [-0.1, -0.05) is 0 Å². The van der Waals surface area contributed by atoms with Gasteiger partial charge in [-0.05, 0) is 46.3 Å². The quantitative estimate of drug-likeness (QED) is 0.657. The van der Waals surface area contributed by atoms with Crippen LogP contribution in [0.15, 0.2) is 16.7 Å². The third-order valence-electron chi connectivity index (χ3n) is 1.89. The van der Waals surface area contributed by atoms with Crippen LogP contribution in [-0.2, 0) is 0 Å². The molecule has 2 rings (SSSR count). The molecule has 0 aromatic carbocycles. The van der Waals surface area contributed by atoms with Crippen molar-refractivity contribution in [1.29, 1.82) is 0 Å². The SMILES string of the molecule is Fc1nccc(C2CC2)c1Br. The van der Waals surface area contributed by atoms with Gasteiger partial charge in [0.1, 0.15) is 0 Å². The number of nitrogens with zero attached hydrogens (tertiary/aromatic N) is 1. The zero-order valence-corrected chi connectivity index (χ0v) is 7.44. The molecule has 3 heteroatoms. The normalized spacial score (nSPS) is 16.9. The lowest BCUT2D eigenvalue weighted by molar-refractivity contribution is 0.574. The van der Waals surface area contributed by atoms with Crippen molar-refractivity contribution in [3.63, 3.8) is 0 Å². The molecule has 0 atom stereocenters. The van der Waals surface area contributed by atoms with Gasteiger partial charge in [-0.25, -0.2) is 4.98 Å². The third kappa shape index (κ3) is 1.29. The summed E-state index contributed by atoms with van der Waals surface area (Å²) in [7, 11) is 0. The van der Waals surface area contributed by atoms with E-state index < -0.39 is 5.95 Å². The van der Waals surface area contributed by atoms with Gasteiger partial charge in [0.05, 0.1) is 4.47 Å². The van der Waals surface area contributed by atoms with E-state index in [-0.39, 0.29) is 0 Å². The van der Waals surface area contributed by atoms with Crippen LogP contribution in [0.4, 0.5) is 4.39 Å². The van der Waals surface area contributed by atoms with Crippen LogP contribution in [-0.4, -0.2) is 4.98 Å². The maximum Gasteiger partial charge on any atom is 0.227 e. The molecule has 0 N–H and O–H groups in total. The van der Waals surface area contributed by atoms with Crippen molar-refractivity contribution in [1.82, 2.24) is 4.98 Å². The maximum atomic E-state index is 12.8. The number of hydrogen-bond acceptors (Lipinski definition) is 1. The predicted octanol–water partition coefficient (Wildman–Crippen LogP) is 2.86. The fraction of sp³-hybridized carbons (Fsp3) is 0.375.